The number of halogens is 3. The molecule has 1 aromatic heterocycles. The van der Waals surface area contributed by atoms with Crippen LogP contribution in [0.3, 0.4) is 0 Å². The van der Waals surface area contributed by atoms with Crippen LogP contribution in [0.4, 0.5) is 13.2 Å². The summed E-state index contributed by atoms with van der Waals surface area (Å²) in [5.74, 6) is -1.32. The van der Waals surface area contributed by atoms with E-state index in [2.05, 4.69) is 15.5 Å². The van der Waals surface area contributed by atoms with E-state index in [9.17, 15) is 18.0 Å². The molecule has 2 rings (SSSR count). The molecule has 142 valence electrons. The molecule has 0 saturated carbocycles. The maximum absolute atomic E-state index is 12.7. The molecule has 0 aliphatic heterocycles. The number of aryl methyl sites for hydroxylation is 1. The second-order valence-corrected chi connectivity index (χ2v) is 7.36. The van der Waals surface area contributed by atoms with Gasteiger partial charge in [-0.2, -0.15) is 13.2 Å². The SMILES string of the molecule is CC(CCc1ccccc1)NC(=O)C(C)Sc1nnc(C(F)(F)F)n1C. The van der Waals surface area contributed by atoms with Crippen molar-refractivity contribution in [1.29, 1.82) is 0 Å². The van der Waals surface area contributed by atoms with E-state index in [4.69, 9.17) is 0 Å². The predicted molar refractivity (Wildman–Crippen MR) is 93.7 cm³/mol. The van der Waals surface area contributed by atoms with Gasteiger partial charge in [-0.3, -0.25) is 4.79 Å². The van der Waals surface area contributed by atoms with Gasteiger partial charge in [-0.05, 0) is 32.3 Å². The van der Waals surface area contributed by atoms with E-state index in [-0.39, 0.29) is 17.1 Å². The summed E-state index contributed by atoms with van der Waals surface area (Å²) in [7, 11) is 1.23. The van der Waals surface area contributed by atoms with Crippen molar-refractivity contribution in [3.63, 3.8) is 0 Å². The Labute approximate surface area is 154 Å². The highest BCUT2D eigenvalue weighted by Gasteiger charge is 2.37. The van der Waals surface area contributed by atoms with Crippen LogP contribution in [0, 0.1) is 0 Å². The first kappa shape index (κ1) is 20.3. The summed E-state index contributed by atoms with van der Waals surface area (Å²) in [6.07, 6.45) is -2.96. The fourth-order valence-corrected chi connectivity index (χ4v) is 3.16. The molecular weight excluding hydrogens is 365 g/mol. The van der Waals surface area contributed by atoms with Gasteiger partial charge in [0.05, 0.1) is 5.25 Å². The molecule has 2 unspecified atom stereocenters. The number of nitrogens with zero attached hydrogens (tertiary/aromatic N) is 3. The van der Waals surface area contributed by atoms with E-state index >= 15 is 0 Å². The van der Waals surface area contributed by atoms with Crippen molar-refractivity contribution in [2.24, 2.45) is 7.05 Å². The molecule has 26 heavy (non-hydrogen) atoms. The number of aromatic nitrogens is 3. The Hall–Kier alpha value is -2.03. The van der Waals surface area contributed by atoms with Crippen molar-refractivity contribution in [2.75, 3.05) is 0 Å². The molecule has 1 amide bonds. The molecular formula is C17H21F3N4OS. The summed E-state index contributed by atoms with van der Waals surface area (Å²) in [6, 6.07) is 9.89. The maximum atomic E-state index is 12.7. The number of alkyl halides is 3. The van der Waals surface area contributed by atoms with E-state index in [1.54, 1.807) is 6.92 Å². The van der Waals surface area contributed by atoms with Gasteiger partial charge in [-0.15, -0.1) is 10.2 Å². The summed E-state index contributed by atoms with van der Waals surface area (Å²) in [4.78, 5) is 12.3. The monoisotopic (exact) mass is 386 g/mol. The average molecular weight is 386 g/mol. The molecule has 2 aromatic rings. The van der Waals surface area contributed by atoms with Gasteiger partial charge in [-0.25, -0.2) is 0 Å². The lowest BCUT2D eigenvalue weighted by atomic mass is 10.1. The third-order valence-electron chi connectivity index (χ3n) is 3.84. The molecule has 0 radical (unpaired) electrons. The zero-order valence-electron chi connectivity index (χ0n) is 14.7. The third kappa shape index (κ3) is 5.48. The lowest BCUT2D eigenvalue weighted by Gasteiger charge is -2.17. The first-order valence-electron chi connectivity index (χ1n) is 8.16. The molecule has 0 aliphatic rings. The molecule has 2 atom stereocenters. The molecule has 5 nitrogen and oxygen atoms in total. The second kappa shape index (κ2) is 8.57. The topological polar surface area (TPSA) is 59.8 Å². The van der Waals surface area contributed by atoms with Crippen LogP contribution in [0.5, 0.6) is 0 Å². The Morgan fingerprint density at radius 1 is 1.23 bits per heavy atom. The van der Waals surface area contributed by atoms with E-state index in [1.807, 2.05) is 37.3 Å². The summed E-state index contributed by atoms with van der Waals surface area (Å²) >= 11 is 0.949. The van der Waals surface area contributed by atoms with Gasteiger partial charge >= 0.3 is 6.18 Å². The number of rotatable bonds is 7. The van der Waals surface area contributed by atoms with E-state index in [0.717, 1.165) is 29.2 Å². The highest BCUT2D eigenvalue weighted by atomic mass is 32.2. The van der Waals surface area contributed by atoms with Gasteiger partial charge in [0.1, 0.15) is 0 Å². The van der Waals surface area contributed by atoms with Crippen LogP contribution < -0.4 is 5.32 Å². The number of hydrogen-bond acceptors (Lipinski definition) is 4. The summed E-state index contributed by atoms with van der Waals surface area (Å²) < 4.78 is 39.1. The molecule has 1 N–H and O–H groups in total. The molecule has 0 saturated heterocycles. The zero-order valence-corrected chi connectivity index (χ0v) is 15.6. The van der Waals surface area contributed by atoms with E-state index < -0.39 is 17.3 Å². The number of hydrogen-bond donors (Lipinski definition) is 1. The molecule has 9 heteroatoms. The quantitative estimate of drug-likeness (QED) is 0.741. The lowest BCUT2D eigenvalue weighted by molar-refractivity contribution is -0.147. The van der Waals surface area contributed by atoms with Crippen LogP contribution in [-0.4, -0.2) is 32.0 Å². The second-order valence-electron chi connectivity index (χ2n) is 6.06. The average Bonchev–Trinajstić information content (AvgIpc) is 2.94. The largest absolute Gasteiger partial charge is 0.451 e. The number of carbonyl (C=O) groups excluding carboxylic acids is 1. The third-order valence-corrected chi connectivity index (χ3v) is 4.97. The number of benzene rings is 1. The Kier molecular flexibility index (Phi) is 6.69. The number of carbonyl (C=O) groups is 1. The van der Waals surface area contributed by atoms with Crippen molar-refractivity contribution in [3.05, 3.63) is 41.7 Å². The molecule has 0 aliphatic carbocycles. The minimum atomic E-state index is -4.57. The van der Waals surface area contributed by atoms with Gasteiger partial charge in [-0.1, -0.05) is 42.1 Å². The summed E-state index contributed by atoms with van der Waals surface area (Å²) in [5, 5.41) is 9.05. The number of nitrogens with one attached hydrogen (secondary N) is 1. The molecule has 0 bridgehead atoms. The van der Waals surface area contributed by atoms with Gasteiger partial charge in [0.25, 0.3) is 0 Å². The Morgan fingerprint density at radius 2 is 1.88 bits per heavy atom. The summed E-state index contributed by atoms with van der Waals surface area (Å²) in [6.45, 7) is 3.54. The molecule has 1 aromatic carbocycles. The van der Waals surface area contributed by atoms with Gasteiger partial charge in [0.2, 0.25) is 11.7 Å². The van der Waals surface area contributed by atoms with Crippen LogP contribution >= 0.6 is 11.8 Å². The Balaban J connectivity index is 1.86. The number of amides is 1. The maximum Gasteiger partial charge on any atom is 0.451 e. The number of thioether (sulfide) groups is 1. The smallest absolute Gasteiger partial charge is 0.353 e. The highest BCUT2D eigenvalue weighted by Crippen LogP contribution is 2.30. The van der Waals surface area contributed by atoms with Crippen molar-refractivity contribution in [2.45, 2.75) is 49.3 Å². The summed E-state index contributed by atoms with van der Waals surface area (Å²) in [5.41, 5.74) is 1.19. The van der Waals surface area contributed by atoms with Crippen molar-refractivity contribution >= 4 is 17.7 Å². The zero-order chi connectivity index (χ0) is 19.3. The highest BCUT2D eigenvalue weighted by molar-refractivity contribution is 8.00. The van der Waals surface area contributed by atoms with Crippen molar-refractivity contribution < 1.29 is 18.0 Å². The Bertz CT molecular complexity index is 733. The van der Waals surface area contributed by atoms with E-state index in [0.29, 0.717) is 0 Å². The van der Waals surface area contributed by atoms with Crippen LogP contribution in [0.1, 0.15) is 31.7 Å². The fraction of sp³-hybridized carbons (Fsp3) is 0.471. The first-order valence-corrected chi connectivity index (χ1v) is 9.04. The lowest BCUT2D eigenvalue weighted by Crippen LogP contribution is -2.38. The van der Waals surface area contributed by atoms with Crippen LogP contribution in [0.25, 0.3) is 0 Å². The molecule has 0 fully saturated rings. The van der Waals surface area contributed by atoms with Gasteiger partial charge in [0, 0.05) is 13.1 Å². The minimum absolute atomic E-state index is 0.0454. The normalized spacial score (nSPS) is 14.1. The van der Waals surface area contributed by atoms with Crippen molar-refractivity contribution in [1.82, 2.24) is 20.1 Å². The first-order chi connectivity index (χ1) is 12.2. The minimum Gasteiger partial charge on any atom is -0.353 e. The van der Waals surface area contributed by atoms with Gasteiger partial charge < -0.3 is 9.88 Å². The van der Waals surface area contributed by atoms with E-state index in [1.165, 1.54) is 12.6 Å². The molecule has 1 heterocycles. The van der Waals surface area contributed by atoms with Gasteiger partial charge in [0.15, 0.2) is 5.16 Å². The standard InChI is InChI=1S/C17H21F3N4OS/c1-11(9-10-13-7-5-4-6-8-13)21-14(25)12(2)26-16-23-22-15(24(16)3)17(18,19)20/h4-8,11-12H,9-10H2,1-3H3,(H,21,25). The van der Waals surface area contributed by atoms with Crippen LogP contribution in [0.15, 0.2) is 35.5 Å². The Morgan fingerprint density at radius 3 is 2.46 bits per heavy atom. The van der Waals surface area contributed by atoms with Crippen LogP contribution in [0.2, 0.25) is 0 Å². The molecule has 0 spiro atoms. The fourth-order valence-electron chi connectivity index (χ4n) is 2.34. The van der Waals surface area contributed by atoms with Crippen molar-refractivity contribution in [3.8, 4) is 0 Å². The predicted octanol–water partition coefficient (Wildman–Crippen LogP) is 3.45. The van der Waals surface area contributed by atoms with Crippen LogP contribution in [-0.2, 0) is 24.4 Å².